The molecular weight excluding hydrogens is 334 g/mol. The smallest absolute Gasteiger partial charge is 0.260 e. The van der Waals surface area contributed by atoms with Gasteiger partial charge in [0.15, 0.2) is 12.4 Å². The Morgan fingerprint density at radius 3 is 2.73 bits per heavy atom. The Balaban J connectivity index is 1.69. The molecule has 0 saturated carbocycles. The van der Waals surface area contributed by atoms with Crippen LogP contribution < -0.4 is 10.5 Å². The van der Waals surface area contributed by atoms with Crippen molar-refractivity contribution in [3.8, 4) is 5.75 Å². The van der Waals surface area contributed by atoms with Crippen LogP contribution in [0, 0.1) is 0 Å². The first-order valence-electron chi connectivity index (χ1n) is 8.61. The summed E-state index contributed by atoms with van der Waals surface area (Å²) in [6, 6.07) is 6.71. The molecule has 0 radical (unpaired) electrons. The van der Waals surface area contributed by atoms with Gasteiger partial charge in [0.2, 0.25) is 0 Å². The fourth-order valence-electron chi connectivity index (χ4n) is 3.17. The Hall–Kier alpha value is -2.90. The minimum absolute atomic E-state index is 0.0907. The molecule has 2 N–H and O–H groups in total. The monoisotopic (exact) mass is 357 g/mol. The van der Waals surface area contributed by atoms with Gasteiger partial charge in [-0.1, -0.05) is 26.0 Å². The van der Waals surface area contributed by atoms with Crippen LogP contribution in [0.3, 0.4) is 0 Å². The molecule has 8 nitrogen and oxygen atoms in total. The van der Waals surface area contributed by atoms with Crippen LogP contribution in [0.25, 0.3) is 0 Å². The van der Waals surface area contributed by atoms with E-state index in [9.17, 15) is 9.59 Å². The number of nitrogens with two attached hydrogens (primary N) is 1. The summed E-state index contributed by atoms with van der Waals surface area (Å²) in [5.74, 6) is 1.54. The summed E-state index contributed by atoms with van der Waals surface area (Å²) in [4.78, 5) is 25.7. The van der Waals surface area contributed by atoms with Crippen molar-refractivity contribution in [1.29, 1.82) is 0 Å². The zero-order valence-corrected chi connectivity index (χ0v) is 15.2. The third kappa shape index (κ3) is 3.40. The van der Waals surface area contributed by atoms with Crippen LogP contribution in [-0.2, 0) is 11.3 Å². The number of amides is 2. The summed E-state index contributed by atoms with van der Waals surface area (Å²) >= 11 is 0. The predicted octanol–water partition coefficient (Wildman–Crippen LogP) is 1.48. The maximum atomic E-state index is 12.6. The molecule has 0 saturated heterocycles. The lowest BCUT2D eigenvalue weighted by Gasteiger charge is -2.33. The summed E-state index contributed by atoms with van der Waals surface area (Å²) in [5, 5.41) is 8.49. The van der Waals surface area contributed by atoms with Gasteiger partial charge in [0.05, 0.1) is 18.2 Å². The average Bonchev–Trinajstić information content (AvgIpc) is 3.04. The van der Waals surface area contributed by atoms with Gasteiger partial charge in [0.1, 0.15) is 11.6 Å². The van der Waals surface area contributed by atoms with Crippen LogP contribution in [0.5, 0.6) is 5.75 Å². The van der Waals surface area contributed by atoms with Crippen LogP contribution in [0.1, 0.15) is 54.7 Å². The summed E-state index contributed by atoms with van der Waals surface area (Å²) in [5.41, 5.74) is 5.59. The number of benzene rings is 1. The van der Waals surface area contributed by atoms with Crippen molar-refractivity contribution in [3.05, 3.63) is 41.5 Å². The normalized spacial score (nSPS) is 16.5. The lowest BCUT2D eigenvalue weighted by Crippen LogP contribution is -2.43. The lowest BCUT2D eigenvalue weighted by molar-refractivity contribution is -0.135. The van der Waals surface area contributed by atoms with Crippen LogP contribution in [0.2, 0.25) is 0 Å². The average molecular weight is 357 g/mol. The number of carbonyl (C=O) groups excluding carboxylic acids is 2. The van der Waals surface area contributed by atoms with Gasteiger partial charge in [0, 0.05) is 12.5 Å². The minimum Gasteiger partial charge on any atom is -0.483 e. The topological polar surface area (TPSA) is 103 Å². The fourth-order valence-corrected chi connectivity index (χ4v) is 3.17. The second kappa shape index (κ2) is 7.15. The first-order valence-corrected chi connectivity index (χ1v) is 8.61. The van der Waals surface area contributed by atoms with Gasteiger partial charge in [-0.3, -0.25) is 9.59 Å². The number of aromatic nitrogens is 3. The molecule has 2 aromatic rings. The van der Waals surface area contributed by atoms with Crippen molar-refractivity contribution >= 4 is 11.8 Å². The molecule has 1 atom stereocenters. The quantitative estimate of drug-likeness (QED) is 0.873. The second-order valence-corrected chi connectivity index (χ2v) is 6.77. The first-order chi connectivity index (χ1) is 12.4. The highest BCUT2D eigenvalue weighted by Gasteiger charge is 2.30. The van der Waals surface area contributed by atoms with Crippen LogP contribution >= 0.6 is 0 Å². The molecule has 3 rings (SSSR count). The highest BCUT2D eigenvalue weighted by atomic mass is 16.5. The van der Waals surface area contributed by atoms with Crippen LogP contribution in [0.4, 0.5) is 0 Å². The number of nitrogens with zero attached hydrogens (tertiary/aromatic N) is 4. The molecule has 8 heteroatoms. The highest BCUT2D eigenvalue weighted by molar-refractivity contribution is 5.95. The van der Waals surface area contributed by atoms with Gasteiger partial charge in [0.25, 0.3) is 11.8 Å². The van der Waals surface area contributed by atoms with E-state index >= 15 is 0 Å². The summed E-state index contributed by atoms with van der Waals surface area (Å²) in [6.07, 6.45) is 0. The van der Waals surface area contributed by atoms with E-state index in [1.54, 1.807) is 29.2 Å². The van der Waals surface area contributed by atoms with Crippen molar-refractivity contribution < 1.29 is 14.3 Å². The van der Waals surface area contributed by atoms with E-state index in [4.69, 9.17) is 10.5 Å². The van der Waals surface area contributed by atoms with Gasteiger partial charge in [-0.15, -0.1) is 10.2 Å². The summed E-state index contributed by atoms with van der Waals surface area (Å²) in [7, 11) is 0. The number of primary amides is 1. The lowest BCUT2D eigenvalue weighted by atomic mass is 10.1. The zero-order chi connectivity index (χ0) is 18.8. The number of rotatable bonds is 5. The Labute approximate surface area is 151 Å². The van der Waals surface area contributed by atoms with E-state index < -0.39 is 5.91 Å². The van der Waals surface area contributed by atoms with E-state index in [-0.39, 0.29) is 30.0 Å². The van der Waals surface area contributed by atoms with Gasteiger partial charge < -0.3 is 19.9 Å². The predicted molar refractivity (Wildman–Crippen MR) is 94.7 cm³/mol. The highest BCUT2D eigenvalue weighted by Crippen LogP contribution is 2.25. The third-order valence-corrected chi connectivity index (χ3v) is 4.42. The van der Waals surface area contributed by atoms with E-state index in [1.165, 1.54) is 0 Å². The van der Waals surface area contributed by atoms with Crippen LogP contribution in [0.15, 0.2) is 24.3 Å². The molecule has 1 aliphatic heterocycles. The molecule has 0 bridgehead atoms. The van der Waals surface area contributed by atoms with Gasteiger partial charge in [-0.25, -0.2) is 0 Å². The van der Waals surface area contributed by atoms with E-state index in [2.05, 4.69) is 28.6 Å². The number of hydrogen-bond acceptors (Lipinski definition) is 5. The third-order valence-electron chi connectivity index (χ3n) is 4.42. The Morgan fingerprint density at radius 1 is 1.31 bits per heavy atom. The Kier molecular flexibility index (Phi) is 4.92. The molecular formula is C18H23N5O3. The molecule has 138 valence electrons. The molecule has 1 aromatic heterocycles. The number of carbonyl (C=O) groups is 2. The zero-order valence-electron chi connectivity index (χ0n) is 15.2. The van der Waals surface area contributed by atoms with E-state index in [0.717, 1.165) is 11.6 Å². The molecule has 0 spiro atoms. The standard InChI is InChI=1S/C18H23N5O3/c1-11(2)18-21-20-15-9-22(8-12(3)23(15)18)16(24)10-26-14-7-5-4-6-13(14)17(19)25/h4-7,11-12H,8-10H2,1-3H3,(H2,19,25)/t12-/m0/s1. The van der Waals surface area contributed by atoms with Gasteiger partial charge in [-0.05, 0) is 19.1 Å². The van der Waals surface area contributed by atoms with Crippen molar-refractivity contribution in [3.63, 3.8) is 0 Å². The van der Waals surface area contributed by atoms with Gasteiger partial charge >= 0.3 is 0 Å². The number of fused-ring (bicyclic) bond motifs is 1. The van der Waals surface area contributed by atoms with E-state index in [0.29, 0.717) is 18.8 Å². The fraction of sp³-hybridized carbons (Fsp3) is 0.444. The van der Waals surface area contributed by atoms with Crippen molar-refractivity contribution in [2.24, 2.45) is 5.73 Å². The molecule has 0 unspecified atom stereocenters. The van der Waals surface area contributed by atoms with Crippen molar-refractivity contribution in [1.82, 2.24) is 19.7 Å². The summed E-state index contributed by atoms with van der Waals surface area (Å²) < 4.78 is 7.65. The molecule has 1 aliphatic rings. The largest absolute Gasteiger partial charge is 0.483 e. The molecule has 26 heavy (non-hydrogen) atoms. The van der Waals surface area contributed by atoms with Crippen molar-refractivity contribution in [2.45, 2.75) is 39.3 Å². The first kappa shape index (κ1) is 17.9. The molecule has 2 heterocycles. The minimum atomic E-state index is -0.589. The maximum Gasteiger partial charge on any atom is 0.260 e. The number of ether oxygens (including phenoxy) is 1. The van der Waals surface area contributed by atoms with E-state index in [1.807, 2.05) is 6.92 Å². The second-order valence-electron chi connectivity index (χ2n) is 6.77. The van der Waals surface area contributed by atoms with Gasteiger partial charge in [-0.2, -0.15) is 0 Å². The molecule has 0 aliphatic carbocycles. The summed E-state index contributed by atoms with van der Waals surface area (Å²) in [6.45, 7) is 6.98. The Bertz CT molecular complexity index is 830. The number of para-hydroxylation sites is 1. The number of hydrogen-bond donors (Lipinski definition) is 1. The maximum absolute atomic E-state index is 12.6. The van der Waals surface area contributed by atoms with Crippen molar-refractivity contribution in [2.75, 3.05) is 13.2 Å². The molecule has 0 fully saturated rings. The Morgan fingerprint density at radius 2 is 2.04 bits per heavy atom. The van der Waals surface area contributed by atoms with Crippen LogP contribution in [-0.4, -0.2) is 44.6 Å². The SMILES string of the molecule is CC(C)c1nnc2n1[C@@H](C)CN(C(=O)COc1ccccc1C(N)=O)C2. The molecule has 2 amide bonds. The molecule has 1 aromatic carbocycles.